The zero-order valence-electron chi connectivity index (χ0n) is 44.5. The first kappa shape index (κ1) is 41.1. The van der Waals surface area contributed by atoms with E-state index in [1.54, 1.807) is 0 Å². The number of hydrogen-bond acceptors (Lipinski definition) is 15. The lowest BCUT2D eigenvalue weighted by atomic mass is 9.97. The van der Waals surface area contributed by atoms with Crippen molar-refractivity contribution in [3.63, 3.8) is 0 Å². The molecule has 2 amide bonds. The van der Waals surface area contributed by atoms with Crippen molar-refractivity contribution in [1.29, 1.82) is 0 Å². The largest absolute Gasteiger partial charge is 0.493 e. The maximum absolute atomic E-state index is 14.8. The van der Waals surface area contributed by atoms with Crippen LogP contribution in [-0.2, 0) is 20.0 Å². The van der Waals surface area contributed by atoms with Crippen molar-refractivity contribution in [2.45, 2.75) is 89.2 Å². The Morgan fingerprint density at radius 2 is 1.28 bits per heavy atom. The number of carbonyl (C=O) groups is 2. The van der Waals surface area contributed by atoms with Crippen LogP contribution >= 0.6 is 11.6 Å². The number of nitrogens with two attached hydrogens (primary N) is 2. The number of rotatable bonds is 12. The van der Waals surface area contributed by atoms with Crippen LogP contribution < -0.4 is 35.4 Å². The van der Waals surface area contributed by atoms with Crippen LogP contribution in [0.1, 0.15) is 98.4 Å². The highest BCUT2D eigenvalue weighted by atomic mass is 35.5. The van der Waals surface area contributed by atoms with Crippen molar-refractivity contribution in [1.82, 2.24) is 29.4 Å². The Labute approximate surface area is 405 Å². The van der Waals surface area contributed by atoms with Gasteiger partial charge in [0.1, 0.15) is 40.0 Å². The molecule has 5 aromatic rings. The van der Waals surface area contributed by atoms with Crippen molar-refractivity contribution >= 4 is 66.7 Å². The smallest absolute Gasteiger partial charge is 0.281 e. The molecule has 6 heterocycles. The summed E-state index contributed by atoms with van der Waals surface area (Å²) in [4.78, 5) is 46.7. The monoisotopic (exact) mass is 985 g/mol. The number of sulfonamides is 2. The lowest BCUT2D eigenvalue weighted by Crippen LogP contribution is -2.41. The summed E-state index contributed by atoms with van der Waals surface area (Å²) >= 11 is 6.06. The van der Waals surface area contributed by atoms with Gasteiger partial charge in [0.2, 0.25) is 0 Å². The number of hydrogen-bond donors (Lipinski definition) is 4. The number of benzene rings is 1. The number of nitrogen functional groups attached to an aromatic ring is 2. The van der Waals surface area contributed by atoms with Crippen LogP contribution in [0.5, 0.6) is 5.75 Å². The molecule has 2 saturated heterocycles. The SMILES string of the molecule is C[C@@H]1CN(c2nc(Cl)ccc2C(=O)NS(=O)(=O)c2cccc(N)n2)C(C)(C)C1.[2H]C([2H])([2H])C([2H])(COc1cc(F)cc(-c2ccc(C(=O)NS(=O)(=O)c3cccc(N)n3)c(N3C[C@@H](C)CC3(C)C)n2)c1)C([2H])([2H])[2H]. The molecule has 2 atom stereocenters. The number of halogens is 2. The first-order valence-electron chi connectivity index (χ1n) is 24.3. The fourth-order valence-corrected chi connectivity index (χ4v) is 10.3. The zero-order valence-corrected chi connectivity index (χ0v) is 39.9. The molecule has 21 heteroatoms. The molecule has 358 valence electrons. The Morgan fingerprint density at radius 1 is 0.791 bits per heavy atom. The van der Waals surface area contributed by atoms with Crippen LogP contribution in [0.2, 0.25) is 5.15 Å². The average molecular weight is 987 g/mol. The molecule has 6 N–H and O–H groups in total. The van der Waals surface area contributed by atoms with Crippen molar-refractivity contribution in [2.24, 2.45) is 17.7 Å². The highest BCUT2D eigenvalue weighted by Gasteiger charge is 2.41. The van der Waals surface area contributed by atoms with Crippen molar-refractivity contribution in [2.75, 3.05) is 41.0 Å². The average Bonchev–Trinajstić information content (AvgIpc) is 3.73. The Balaban J connectivity index is 0.000000271. The molecular weight excluding hydrogens is 923 g/mol. The van der Waals surface area contributed by atoms with E-state index in [1.165, 1.54) is 66.7 Å². The molecule has 0 radical (unpaired) electrons. The number of carbonyl (C=O) groups excluding carboxylic acids is 2. The standard InChI is InChI=1S/C28H34FN5O4S.C18H22ClN5O3S/c1-17(2)16-38-21-12-19(11-20(29)13-21)23-10-9-22(26(31-23)34-15-18(3)14-28(34,4)5)27(35)33-39(36,37)25-8-6-7-24(30)32-25;1-11-9-18(2,3)24(10-11)16-12(7-8-13(19)21-16)17(25)23-28(26,27)15-6-4-5-14(20)22-15/h6-13,17-18H,14-16H2,1-5H3,(H2,30,32)(H,33,35);4-8,11H,9-10H2,1-3H3,(H2,20,22)(H,23,25)/t18-;11-/m00/s1/i1D3,2D3,17D;. The van der Waals surface area contributed by atoms with Crippen molar-refractivity contribution < 1.29 is 45.1 Å². The summed E-state index contributed by atoms with van der Waals surface area (Å²) in [5, 5.41) is -0.565. The lowest BCUT2D eigenvalue weighted by Gasteiger charge is -2.34. The summed E-state index contributed by atoms with van der Waals surface area (Å²) in [7, 11) is -8.61. The normalized spacial score (nSPS) is 19.8. The van der Waals surface area contributed by atoms with Crippen LogP contribution in [0.3, 0.4) is 0 Å². The van der Waals surface area contributed by atoms with Gasteiger partial charge in [-0.3, -0.25) is 9.59 Å². The molecular formula is C46H56ClFN10O7S2. The van der Waals surface area contributed by atoms with Crippen LogP contribution in [0.4, 0.5) is 27.7 Å². The van der Waals surface area contributed by atoms with Crippen LogP contribution in [0.15, 0.2) is 88.9 Å². The second kappa shape index (κ2) is 19.6. The number of amides is 2. The topological polar surface area (TPSA) is 246 Å². The fourth-order valence-electron chi connectivity index (χ4n) is 8.29. The Morgan fingerprint density at radius 3 is 1.75 bits per heavy atom. The summed E-state index contributed by atoms with van der Waals surface area (Å²) in [6.07, 6.45) is 1.64. The highest BCUT2D eigenvalue weighted by Crippen LogP contribution is 2.40. The zero-order chi connectivity index (χ0) is 55.1. The molecule has 0 unspecified atom stereocenters. The van der Waals surface area contributed by atoms with Gasteiger partial charge in [0.05, 0.1) is 23.4 Å². The maximum atomic E-state index is 14.8. The van der Waals surface area contributed by atoms with Gasteiger partial charge >= 0.3 is 0 Å². The molecule has 17 nitrogen and oxygen atoms in total. The predicted molar refractivity (Wildman–Crippen MR) is 256 cm³/mol. The first-order chi connectivity index (χ1) is 34.0. The van der Waals surface area contributed by atoms with Gasteiger partial charge in [-0.1, -0.05) is 51.3 Å². The molecule has 0 saturated carbocycles. The van der Waals surface area contributed by atoms with Crippen molar-refractivity contribution in [3.8, 4) is 17.0 Å². The molecule has 2 aliphatic rings. The van der Waals surface area contributed by atoms with Crippen LogP contribution in [0, 0.1) is 23.5 Å². The van der Waals surface area contributed by atoms with Gasteiger partial charge in [-0.15, -0.1) is 0 Å². The summed E-state index contributed by atoms with van der Waals surface area (Å²) in [5.74, 6) is -4.82. The van der Waals surface area contributed by atoms with Gasteiger partial charge in [-0.25, -0.2) is 33.8 Å². The third-order valence-corrected chi connectivity index (χ3v) is 13.6. The predicted octanol–water partition coefficient (Wildman–Crippen LogP) is 7.10. The minimum atomic E-state index is -4.42. The molecule has 4 aromatic heterocycles. The van der Waals surface area contributed by atoms with Gasteiger partial charge < -0.3 is 26.0 Å². The third kappa shape index (κ3) is 12.1. The second-order valence-electron chi connectivity index (χ2n) is 17.7. The maximum Gasteiger partial charge on any atom is 0.281 e. The quantitative estimate of drug-likeness (QED) is 0.0911. The fraction of sp³-hybridized carbons (Fsp3) is 0.391. The number of ether oxygens (including phenoxy) is 1. The van der Waals surface area contributed by atoms with E-state index < -0.39 is 74.4 Å². The molecule has 1 aromatic carbocycles. The second-order valence-corrected chi connectivity index (χ2v) is 21.3. The first-order valence-corrected chi connectivity index (χ1v) is 24.1. The van der Waals surface area contributed by atoms with E-state index in [2.05, 4.69) is 26.9 Å². The van der Waals surface area contributed by atoms with E-state index in [-0.39, 0.29) is 67.2 Å². The lowest BCUT2D eigenvalue weighted by molar-refractivity contribution is 0.0972. The number of nitrogens with zero attached hydrogens (tertiary/aromatic N) is 6. The molecule has 0 bridgehead atoms. The van der Waals surface area contributed by atoms with E-state index in [0.717, 1.165) is 25.0 Å². The number of nitrogens with one attached hydrogen (secondary N) is 2. The van der Waals surface area contributed by atoms with Crippen LogP contribution in [-0.4, -0.2) is 79.4 Å². The number of pyridine rings is 4. The van der Waals surface area contributed by atoms with Crippen LogP contribution in [0.25, 0.3) is 11.3 Å². The molecule has 7 rings (SSSR count). The van der Waals surface area contributed by atoms with E-state index in [4.69, 9.17) is 37.4 Å². The van der Waals surface area contributed by atoms with Gasteiger partial charge in [-0.05, 0) is 119 Å². The molecule has 0 spiro atoms. The number of aromatic nitrogens is 4. The highest BCUT2D eigenvalue weighted by molar-refractivity contribution is 7.90. The van der Waals surface area contributed by atoms with Gasteiger partial charge in [-0.2, -0.15) is 16.8 Å². The Bertz CT molecular complexity index is 3180. The minimum Gasteiger partial charge on any atom is -0.493 e. The Kier molecular flexibility index (Phi) is 12.0. The van der Waals surface area contributed by atoms with E-state index in [0.29, 0.717) is 24.8 Å². The van der Waals surface area contributed by atoms with Gasteiger partial charge in [0.15, 0.2) is 10.1 Å². The Hall–Kier alpha value is -6.12. The number of anilines is 4. The summed E-state index contributed by atoms with van der Waals surface area (Å²) in [6, 6.07) is 17.1. The van der Waals surface area contributed by atoms with E-state index >= 15 is 0 Å². The molecule has 2 fully saturated rings. The third-order valence-electron chi connectivity index (χ3n) is 10.9. The van der Waals surface area contributed by atoms with Gasteiger partial charge in [0.25, 0.3) is 31.9 Å². The van der Waals surface area contributed by atoms with E-state index in [1.807, 2.05) is 53.9 Å². The summed E-state index contributed by atoms with van der Waals surface area (Å²) in [6.45, 7) is 5.71. The molecule has 2 aliphatic heterocycles. The summed E-state index contributed by atoms with van der Waals surface area (Å²) in [5.41, 5.74) is 10.7. The minimum absolute atomic E-state index is 0.0389. The van der Waals surface area contributed by atoms with E-state index in [9.17, 15) is 30.8 Å². The molecule has 0 aliphatic carbocycles. The molecule has 67 heavy (non-hydrogen) atoms. The van der Waals surface area contributed by atoms with Gasteiger partial charge in [0, 0.05) is 45.4 Å². The summed E-state index contributed by atoms with van der Waals surface area (Å²) < 4.78 is 129. The van der Waals surface area contributed by atoms with Crippen molar-refractivity contribution in [3.05, 3.63) is 101 Å².